The zero-order chi connectivity index (χ0) is 13.9. The van der Waals surface area contributed by atoms with Crippen LogP contribution in [0.1, 0.15) is 17.4 Å². The molecule has 0 unspecified atom stereocenters. The Kier molecular flexibility index (Phi) is 5.81. The van der Waals surface area contributed by atoms with Crippen LogP contribution in [0.2, 0.25) is 0 Å². The minimum absolute atomic E-state index is 0. The molecule has 114 valence electrons. The van der Waals surface area contributed by atoms with Crippen LogP contribution in [0.5, 0.6) is 0 Å². The number of nitrogens with one attached hydrogen (secondary N) is 1. The van der Waals surface area contributed by atoms with Crippen LogP contribution in [0, 0.1) is 5.82 Å². The van der Waals surface area contributed by atoms with Crippen molar-refractivity contribution in [2.45, 2.75) is 6.04 Å². The van der Waals surface area contributed by atoms with Crippen molar-refractivity contribution in [2.75, 3.05) is 26.2 Å². The monoisotopic (exact) mass is 374 g/mol. The van der Waals surface area contributed by atoms with Gasteiger partial charge in [-0.05, 0) is 39.7 Å². The van der Waals surface area contributed by atoms with Crippen molar-refractivity contribution in [1.82, 2.24) is 10.2 Å². The maximum atomic E-state index is 13.8. The van der Waals surface area contributed by atoms with Crippen LogP contribution >= 0.6 is 28.3 Å². The van der Waals surface area contributed by atoms with Crippen molar-refractivity contribution in [1.29, 1.82) is 0 Å². The Morgan fingerprint density at radius 2 is 1.95 bits per heavy atom. The van der Waals surface area contributed by atoms with Gasteiger partial charge in [0.1, 0.15) is 11.6 Å². The Balaban J connectivity index is 0.00000161. The maximum absolute atomic E-state index is 13.8. The first-order valence-corrected chi connectivity index (χ1v) is 7.49. The summed E-state index contributed by atoms with van der Waals surface area (Å²) in [4.78, 5) is 2.31. The summed E-state index contributed by atoms with van der Waals surface area (Å²) in [5.74, 6) is 0.604. The van der Waals surface area contributed by atoms with Gasteiger partial charge in [-0.25, -0.2) is 4.39 Å². The number of nitrogens with zero attached hydrogens (tertiary/aromatic N) is 1. The minimum Gasteiger partial charge on any atom is -0.467 e. The number of piperazine rings is 1. The summed E-state index contributed by atoms with van der Waals surface area (Å²) >= 11 is 3.37. The molecule has 2 aromatic rings. The van der Waals surface area contributed by atoms with Crippen molar-refractivity contribution >= 4 is 28.3 Å². The summed E-state index contributed by atoms with van der Waals surface area (Å²) in [6.45, 7) is 3.69. The quantitative estimate of drug-likeness (QED) is 0.888. The fourth-order valence-corrected chi connectivity index (χ4v) is 3.13. The first-order chi connectivity index (χ1) is 9.77. The molecule has 1 N–H and O–H groups in total. The van der Waals surface area contributed by atoms with E-state index in [0.29, 0.717) is 4.47 Å². The highest BCUT2D eigenvalue weighted by Gasteiger charge is 2.28. The highest BCUT2D eigenvalue weighted by atomic mass is 79.9. The summed E-state index contributed by atoms with van der Waals surface area (Å²) in [5.41, 5.74) is 0.904. The second-order valence-electron chi connectivity index (χ2n) is 4.85. The molecule has 1 atom stereocenters. The third-order valence-electron chi connectivity index (χ3n) is 3.61. The van der Waals surface area contributed by atoms with Gasteiger partial charge in [-0.2, -0.15) is 0 Å². The molecule has 1 aromatic carbocycles. The predicted molar refractivity (Wildman–Crippen MR) is 86.3 cm³/mol. The van der Waals surface area contributed by atoms with Gasteiger partial charge >= 0.3 is 0 Å². The zero-order valence-corrected chi connectivity index (χ0v) is 13.8. The Hall–Kier alpha value is -0.880. The van der Waals surface area contributed by atoms with Gasteiger partial charge in [0.25, 0.3) is 0 Å². The molecule has 0 bridgehead atoms. The molecule has 6 heteroatoms. The number of benzene rings is 1. The highest BCUT2D eigenvalue weighted by Crippen LogP contribution is 2.35. The summed E-state index contributed by atoms with van der Waals surface area (Å²) in [5, 5.41) is 3.33. The maximum Gasteiger partial charge on any atom is 0.137 e. The predicted octanol–water partition coefficient (Wildman–Crippen LogP) is 3.60. The van der Waals surface area contributed by atoms with Gasteiger partial charge in [-0.1, -0.05) is 12.1 Å². The average molecular weight is 376 g/mol. The molecule has 0 radical (unpaired) electrons. The van der Waals surface area contributed by atoms with Gasteiger partial charge in [-0.15, -0.1) is 12.4 Å². The Morgan fingerprint density at radius 3 is 2.62 bits per heavy atom. The van der Waals surface area contributed by atoms with Crippen molar-refractivity contribution in [3.8, 4) is 0 Å². The van der Waals surface area contributed by atoms with Gasteiger partial charge < -0.3 is 9.73 Å². The van der Waals surface area contributed by atoms with Crippen molar-refractivity contribution in [2.24, 2.45) is 0 Å². The van der Waals surface area contributed by atoms with Gasteiger partial charge in [-0.3, -0.25) is 4.90 Å². The van der Waals surface area contributed by atoms with Crippen LogP contribution in [0.15, 0.2) is 45.5 Å². The third-order valence-corrected chi connectivity index (χ3v) is 4.44. The van der Waals surface area contributed by atoms with Crippen LogP contribution in [-0.4, -0.2) is 31.1 Å². The Labute approximate surface area is 138 Å². The first kappa shape index (κ1) is 16.5. The molecule has 0 spiro atoms. The molecule has 21 heavy (non-hydrogen) atoms. The SMILES string of the molecule is Cl.Fc1cccc([C@@H](c2ccco2)N2CCNCC2)c1Br. The van der Waals surface area contributed by atoms with E-state index in [1.165, 1.54) is 6.07 Å². The van der Waals surface area contributed by atoms with E-state index in [0.717, 1.165) is 37.5 Å². The lowest BCUT2D eigenvalue weighted by molar-refractivity contribution is 0.179. The molecule has 3 nitrogen and oxygen atoms in total. The molecule has 2 heterocycles. The van der Waals surface area contributed by atoms with Crippen LogP contribution in [-0.2, 0) is 0 Å². The molecule has 0 aliphatic carbocycles. The molecular formula is C15H17BrClFN2O. The lowest BCUT2D eigenvalue weighted by Crippen LogP contribution is -2.45. The second kappa shape index (κ2) is 7.40. The molecule has 3 rings (SSSR count). The summed E-state index contributed by atoms with van der Waals surface area (Å²) in [6, 6.07) is 8.92. The molecule has 1 fully saturated rings. The fourth-order valence-electron chi connectivity index (χ4n) is 2.65. The van der Waals surface area contributed by atoms with Gasteiger partial charge in [0.05, 0.1) is 16.8 Å². The largest absolute Gasteiger partial charge is 0.467 e. The number of rotatable bonds is 3. The van der Waals surface area contributed by atoms with Gasteiger partial charge in [0, 0.05) is 26.2 Å². The zero-order valence-electron chi connectivity index (χ0n) is 11.4. The lowest BCUT2D eigenvalue weighted by atomic mass is 10.0. The molecular weight excluding hydrogens is 359 g/mol. The minimum atomic E-state index is -0.241. The van der Waals surface area contributed by atoms with Crippen LogP contribution in [0.3, 0.4) is 0 Å². The number of hydrogen-bond donors (Lipinski definition) is 1. The molecule has 1 aliphatic rings. The topological polar surface area (TPSA) is 28.4 Å². The molecule has 1 aromatic heterocycles. The fraction of sp³-hybridized carbons (Fsp3) is 0.333. The number of halogens is 3. The van der Waals surface area contributed by atoms with Crippen molar-refractivity contribution < 1.29 is 8.81 Å². The number of hydrogen-bond acceptors (Lipinski definition) is 3. The average Bonchev–Trinajstić information content (AvgIpc) is 2.99. The second-order valence-corrected chi connectivity index (χ2v) is 5.64. The number of furan rings is 1. The Morgan fingerprint density at radius 1 is 1.19 bits per heavy atom. The molecule has 1 saturated heterocycles. The smallest absolute Gasteiger partial charge is 0.137 e. The summed E-state index contributed by atoms with van der Waals surface area (Å²) in [7, 11) is 0. The third kappa shape index (κ3) is 3.48. The van der Waals surface area contributed by atoms with Crippen molar-refractivity contribution in [3.63, 3.8) is 0 Å². The first-order valence-electron chi connectivity index (χ1n) is 6.69. The van der Waals surface area contributed by atoms with E-state index in [1.807, 2.05) is 18.2 Å². The summed E-state index contributed by atoms with van der Waals surface area (Å²) < 4.78 is 19.9. The van der Waals surface area contributed by atoms with Crippen LogP contribution < -0.4 is 5.32 Å². The normalized spacial score (nSPS) is 17.2. The van der Waals surface area contributed by atoms with Gasteiger partial charge in [0.2, 0.25) is 0 Å². The summed E-state index contributed by atoms with van der Waals surface area (Å²) in [6.07, 6.45) is 1.66. The lowest BCUT2D eigenvalue weighted by Gasteiger charge is -2.34. The van der Waals surface area contributed by atoms with E-state index in [1.54, 1.807) is 12.3 Å². The van der Waals surface area contributed by atoms with E-state index in [9.17, 15) is 4.39 Å². The van der Waals surface area contributed by atoms with E-state index < -0.39 is 0 Å². The Bertz CT molecular complexity index is 573. The van der Waals surface area contributed by atoms with Crippen molar-refractivity contribution in [3.05, 3.63) is 58.2 Å². The highest BCUT2D eigenvalue weighted by molar-refractivity contribution is 9.10. The molecule has 1 aliphatic heterocycles. The molecule has 0 saturated carbocycles. The molecule has 0 amide bonds. The van der Waals surface area contributed by atoms with E-state index in [-0.39, 0.29) is 24.3 Å². The van der Waals surface area contributed by atoms with E-state index >= 15 is 0 Å². The van der Waals surface area contributed by atoms with E-state index in [2.05, 4.69) is 26.1 Å². The van der Waals surface area contributed by atoms with Crippen LogP contribution in [0.4, 0.5) is 4.39 Å². The van der Waals surface area contributed by atoms with Gasteiger partial charge in [0.15, 0.2) is 0 Å². The standard InChI is InChI=1S/C15H16BrFN2O.ClH/c16-14-11(3-1-4-12(14)17)15(13-5-2-10-20-13)19-8-6-18-7-9-19;/h1-5,10,15,18H,6-9H2;1H/t15-;/m0./s1. The van der Waals surface area contributed by atoms with E-state index in [4.69, 9.17) is 4.42 Å². The van der Waals surface area contributed by atoms with Crippen LogP contribution in [0.25, 0.3) is 0 Å².